The molecule has 1 saturated carbocycles. The predicted octanol–water partition coefficient (Wildman–Crippen LogP) is 6.16. The van der Waals surface area contributed by atoms with Gasteiger partial charge in [-0.1, -0.05) is 45.3 Å². The number of hydrogen-bond acceptors (Lipinski definition) is 1. The van der Waals surface area contributed by atoms with Crippen molar-refractivity contribution in [1.82, 2.24) is 9.78 Å². The van der Waals surface area contributed by atoms with Crippen LogP contribution >= 0.6 is 0 Å². The van der Waals surface area contributed by atoms with Gasteiger partial charge in [-0.2, -0.15) is 5.10 Å². The van der Waals surface area contributed by atoms with Gasteiger partial charge in [-0.15, -0.1) is 0 Å². The van der Waals surface area contributed by atoms with Crippen molar-refractivity contribution in [1.29, 1.82) is 0 Å². The average molecular weight is 315 g/mol. The lowest BCUT2D eigenvalue weighted by atomic mass is 9.89. The summed E-state index contributed by atoms with van der Waals surface area (Å²) >= 11 is 0. The van der Waals surface area contributed by atoms with Gasteiger partial charge in [0.1, 0.15) is 0 Å². The summed E-state index contributed by atoms with van der Waals surface area (Å²) in [4.78, 5) is 0. The van der Waals surface area contributed by atoms with Crippen LogP contribution in [0.25, 0.3) is 5.70 Å². The number of aryl methyl sites for hydroxylation is 1. The van der Waals surface area contributed by atoms with Crippen molar-refractivity contribution in [3.63, 3.8) is 0 Å². The zero-order chi connectivity index (χ0) is 17.0. The van der Waals surface area contributed by atoms with Crippen molar-refractivity contribution >= 4 is 5.70 Å². The molecule has 2 unspecified atom stereocenters. The molecule has 0 N–H and O–H groups in total. The Morgan fingerprint density at radius 3 is 2.65 bits per heavy atom. The Morgan fingerprint density at radius 2 is 2.13 bits per heavy atom. The van der Waals surface area contributed by atoms with E-state index in [9.17, 15) is 0 Å². The highest BCUT2D eigenvalue weighted by molar-refractivity contribution is 5.49. The lowest BCUT2D eigenvalue weighted by molar-refractivity contribution is 0.474. The minimum atomic E-state index is 0.626. The van der Waals surface area contributed by atoms with Gasteiger partial charge in [0, 0.05) is 11.4 Å². The van der Waals surface area contributed by atoms with Gasteiger partial charge in [0.2, 0.25) is 0 Å². The predicted molar refractivity (Wildman–Crippen MR) is 100 cm³/mol. The van der Waals surface area contributed by atoms with Crippen LogP contribution in [0.15, 0.2) is 24.4 Å². The number of hydrogen-bond donors (Lipinski definition) is 0. The minimum absolute atomic E-state index is 0.626. The Hall–Kier alpha value is -1.31. The van der Waals surface area contributed by atoms with Gasteiger partial charge in [-0.05, 0) is 69.4 Å². The van der Waals surface area contributed by atoms with Crippen LogP contribution in [0.5, 0.6) is 0 Å². The van der Waals surface area contributed by atoms with E-state index in [2.05, 4.69) is 52.4 Å². The van der Waals surface area contributed by atoms with Crippen LogP contribution in [0, 0.1) is 31.6 Å². The van der Waals surface area contributed by atoms with Crippen molar-refractivity contribution in [3.05, 3.63) is 35.7 Å². The fourth-order valence-corrected chi connectivity index (χ4v) is 3.59. The van der Waals surface area contributed by atoms with Gasteiger partial charge in [0.15, 0.2) is 0 Å². The van der Waals surface area contributed by atoms with Gasteiger partial charge in [0.05, 0.1) is 6.20 Å². The van der Waals surface area contributed by atoms with Crippen LogP contribution in [-0.2, 0) is 0 Å². The summed E-state index contributed by atoms with van der Waals surface area (Å²) in [5.41, 5.74) is 4.92. The van der Waals surface area contributed by atoms with E-state index < -0.39 is 0 Å². The van der Waals surface area contributed by atoms with Crippen LogP contribution in [0.4, 0.5) is 0 Å². The van der Waals surface area contributed by atoms with E-state index in [4.69, 9.17) is 0 Å². The Bertz CT molecular complexity index is 564. The molecule has 0 radical (unpaired) electrons. The largest absolute Gasteiger partial charge is 0.242 e. The molecule has 1 fully saturated rings. The van der Waals surface area contributed by atoms with Crippen LogP contribution in [0.2, 0.25) is 0 Å². The first-order valence-corrected chi connectivity index (χ1v) is 9.32. The Kier molecular flexibility index (Phi) is 6.26. The highest BCUT2D eigenvalue weighted by Gasteiger charge is 2.31. The summed E-state index contributed by atoms with van der Waals surface area (Å²) in [5, 5.41) is 4.48. The molecule has 0 saturated heterocycles. The molecule has 0 bridgehead atoms. The maximum atomic E-state index is 4.48. The van der Waals surface area contributed by atoms with E-state index in [0.29, 0.717) is 5.92 Å². The normalized spacial score (nSPS) is 22.2. The molecule has 1 aliphatic rings. The highest BCUT2D eigenvalue weighted by Crippen LogP contribution is 2.42. The Morgan fingerprint density at radius 1 is 1.43 bits per heavy atom. The monoisotopic (exact) mass is 314 g/mol. The molecule has 0 amide bonds. The summed E-state index contributed by atoms with van der Waals surface area (Å²) < 4.78 is 2.04. The molecule has 2 rings (SSSR count). The van der Waals surface area contributed by atoms with Crippen LogP contribution < -0.4 is 0 Å². The van der Waals surface area contributed by atoms with Crippen LogP contribution in [0.1, 0.15) is 70.6 Å². The first-order valence-electron chi connectivity index (χ1n) is 9.32. The Balaban J connectivity index is 1.95. The molecule has 0 aromatic carbocycles. The first kappa shape index (κ1) is 18.0. The third kappa shape index (κ3) is 4.83. The summed E-state index contributed by atoms with van der Waals surface area (Å²) in [6.07, 6.45) is 12.2. The smallest absolute Gasteiger partial charge is 0.0526 e. The molecule has 0 spiro atoms. The first-order chi connectivity index (χ1) is 10.9. The standard InChI is InChI=1S/C21H34N2/c1-7-9-20(10-8-11-21-13-16(21)3)15(2)12-18(5)23-19(6)17(4)14-22-23/h12,14,16,20-21H,2,7-11,13H2,1,3-6H3/b18-12-/t16-,20?,21?/m1/s1. The maximum absolute atomic E-state index is 4.48. The fraction of sp³-hybridized carbons (Fsp3) is 0.667. The number of rotatable bonds is 9. The number of nitrogens with zero attached hydrogens (tertiary/aromatic N) is 2. The molecular weight excluding hydrogens is 280 g/mol. The third-order valence-corrected chi connectivity index (χ3v) is 5.55. The summed E-state index contributed by atoms with van der Waals surface area (Å²) in [7, 11) is 0. The van der Waals surface area contributed by atoms with Gasteiger partial charge < -0.3 is 0 Å². The number of allylic oxidation sites excluding steroid dienone is 3. The van der Waals surface area contributed by atoms with E-state index in [1.54, 1.807) is 0 Å². The molecule has 2 nitrogen and oxygen atoms in total. The summed E-state index contributed by atoms with van der Waals surface area (Å²) in [6.45, 7) is 15.4. The second-order valence-corrected chi connectivity index (χ2v) is 7.57. The lowest BCUT2D eigenvalue weighted by Gasteiger charge is -2.18. The molecule has 0 aliphatic heterocycles. The van der Waals surface area contributed by atoms with Gasteiger partial charge in [-0.3, -0.25) is 0 Å². The molecule has 23 heavy (non-hydrogen) atoms. The van der Waals surface area contributed by atoms with Gasteiger partial charge in [-0.25, -0.2) is 4.68 Å². The van der Waals surface area contributed by atoms with Crippen molar-refractivity contribution in [2.75, 3.05) is 0 Å². The quantitative estimate of drug-likeness (QED) is 0.499. The fourth-order valence-electron chi connectivity index (χ4n) is 3.59. The highest BCUT2D eigenvalue weighted by atomic mass is 15.3. The zero-order valence-electron chi connectivity index (χ0n) is 15.7. The second-order valence-electron chi connectivity index (χ2n) is 7.57. The van der Waals surface area contributed by atoms with Crippen molar-refractivity contribution in [2.45, 2.75) is 73.1 Å². The van der Waals surface area contributed by atoms with Crippen LogP contribution in [0.3, 0.4) is 0 Å². The molecule has 3 atom stereocenters. The molecule has 1 aromatic heterocycles. The van der Waals surface area contributed by atoms with Crippen molar-refractivity contribution in [3.8, 4) is 0 Å². The maximum Gasteiger partial charge on any atom is 0.0526 e. The van der Waals surface area contributed by atoms with E-state index in [-0.39, 0.29) is 0 Å². The zero-order valence-corrected chi connectivity index (χ0v) is 15.7. The Labute approximate surface area is 142 Å². The molecule has 1 aromatic rings. The van der Waals surface area contributed by atoms with Gasteiger partial charge >= 0.3 is 0 Å². The molecule has 1 aliphatic carbocycles. The average Bonchev–Trinajstić information content (AvgIpc) is 3.10. The van der Waals surface area contributed by atoms with E-state index >= 15 is 0 Å². The minimum Gasteiger partial charge on any atom is -0.242 e. The van der Waals surface area contributed by atoms with Crippen LogP contribution in [-0.4, -0.2) is 9.78 Å². The summed E-state index contributed by atoms with van der Waals surface area (Å²) in [5.74, 6) is 2.62. The molecule has 2 heteroatoms. The third-order valence-electron chi connectivity index (χ3n) is 5.55. The van der Waals surface area contributed by atoms with Crippen molar-refractivity contribution < 1.29 is 0 Å². The second kappa shape index (κ2) is 7.99. The SMILES string of the molecule is C=C(/C=C(/C)n1ncc(C)c1C)C(CCC)CCCC1C[C@H]1C. The lowest BCUT2D eigenvalue weighted by Crippen LogP contribution is -2.05. The van der Waals surface area contributed by atoms with E-state index in [1.165, 1.54) is 61.1 Å². The molecule has 128 valence electrons. The molecular formula is C21H34N2. The topological polar surface area (TPSA) is 17.8 Å². The summed E-state index contributed by atoms with van der Waals surface area (Å²) in [6, 6.07) is 0. The number of aromatic nitrogens is 2. The van der Waals surface area contributed by atoms with E-state index in [0.717, 1.165) is 11.8 Å². The molecule has 1 heterocycles. The van der Waals surface area contributed by atoms with Gasteiger partial charge in [0.25, 0.3) is 0 Å². The van der Waals surface area contributed by atoms with Crippen molar-refractivity contribution in [2.24, 2.45) is 17.8 Å². The van der Waals surface area contributed by atoms with E-state index in [1.807, 2.05) is 10.9 Å².